The molecule has 0 bridgehead atoms. The van der Waals surface area contributed by atoms with Gasteiger partial charge in [-0.3, -0.25) is 4.79 Å². The molecular weight excluding hydrogens is 384 g/mol. The number of rotatable bonds is 9. The molecule has 0 saturated carbocycles. The molecule has 0 spiro atoms. The third-order valence-corrected chi connectivity index (χ3v) is 5.71. The van der Waals surface area contributed by atoms with E-state index in [1.54, 1.807) is 24.3 Å². The van der Waals surface area contributed by atoms with Crippen LogP contribution in [0.3, 0.4) is 0 Å². The predicted octanol–water partition coefficient (Wildman–Crippen LogP) is 3.16. The summed E-state index contributed by atoms with van der Waals surface area (Å²) in [5.74, 6) is -0.322. The van der Waals surface area contributed by atoms with Gasteiger partial charge < -0.3 is 5.32 Å². The van der Waals surface area contributed by atoms with E-state index in [2.05, 4.69) is 17.4 Å². The Labute approximate surface area is 166 Å². The summed E-state index contributed by atoms with van der Waals surface area (Å²) in [6, 6.07) is 15.3. The van der Waals surface area contributed by atoms with E-state index in [1.807, 2.05) is 19.1 Å². The second kappa shape index (κ2) is 9.88. The van der Waals surface area contributed by atoms with Crippen LogP contribution in [0.15, 0.2) is 48.5 Å². The van der Waals surface area contributed by atoms with Crippen LogP contribution in [0.2, 0.25) is 5.02 Å². The standard InChI is InChI=1S/C20H25ClN2O3S/c1-16-7-5-8-17(13-16)9-6-12-22-20(24)15-23(27(2,25)26)14-18-10-3-4-11-19(18)21/h3-5,7-8,10-11,13H,6,9,12,14-15H2,1-2H3,(H,22,24). The highest BCUT2D eigenvalue weighted by Gasteiger charge is 2.21. The van der Waals surface area contributed by atoms with Gasteiger partial charge in [-0.1, -0.05) is 59.6 Å². The molecule has 0 radical (unpaired) electrons. The maximum absolute atomic E-state index is 12.2. The summed E-state index contributed by atoms with van der Waals surface area (Å²) in [5, 5.41) is 3.27. The van der Waals surface area contributed by atoms with Crippen molar-refractivity contribution in [1.82, 2.24) is 9.62 Å². The molecule has 0 aliphatic heterocycles. The number of nitrogens with one attached hydrogen (secondary N) is 1. The molecule has 5 nitrogen and oxygen atoms in total. The molecule has 0 aromatic heterocycles. The van der Waals surface area contributed by atoms with E-state index in [1.165, 1.54) is 11.1 Å². The average molecular weight is 409 g/mol. The van der Waals surface area contributed by atoms with Crippen LogP contribution in [0, 0.1) is 6.92 Å². The molecule has 2 aromatic carbocycles. The van der Waals surface area contributed by atoms with Gasteiger partial charge >= 0.3 is 0 Å². The van der Waals surface area contributed by atoms with Crippen molar-refractivity contribution in [2.75, 3.05) is 19.3 Å². The van der Waals surface area contributed by atoms with Crippen LogP contribution in [-0.4, -0.2) is 38.0 Å². The van der Waals surface area contributed by atoms with Crippen molar-refractivity contribution in [3.05, 3.63) is 70.2 Å². The quantitative estimate of drug-likeness (QED) is 0.648. The number of carbonyl (C=O) groups is 1. The van der Waals surface area contributed by atoms with Crippen LogP contribution in [0.25, 0.3) is 0 Å². The summed E-state index contributed by atoms with van der Waals surface area (Å²) >= 11 is 6.10. The minimum absolute atomic E-state index is 0.0647. The minimum atomic E-state index is -3.54. The lowest BCUT2D eigenvalue weighted by atomic mass is 10.1. The number of sulfonamides is 1. The number of carbonyl (C=O) groups excluding carboxylic acids is 1. The third-order valence-electron chi connectivity index (χ3n) is 4.14. The van der Waals surface area contributed by atoms with Gasteiger partial charge in [0.2, 0.25) is 15.9 Å². The highest BCUT2D eigenvalue weighted by atomic mass is 35.5. The summed E-state index contributed by atoms with van der Waals surface area (Å²) in [6.07, 6.45) is 2.74. The van der Waals surface area contributed by atoms with Gasteiger partial charge in [0.05, 0.1) is 12.8 Å². The van der Waals surface area contributed by atoms with E-state index >= 15 is 0 Å². The average Bonchev–Trinajstić information content (AvgIpc) is 2.59. The Hall–Kier alpha value is -1.89. The fourth-order valence-corrected chi connectivity index (χ4v) is 3.63. The molecule has 0 aliphatic rings. The normalized spacial score (nSPS) is 11.6. The number of nitrogens with zero attached hydrogens (tertiary/aromatic N) is 1. The first kappa shape index (κ1) is 21.4. The summed E-state index contributed by atoms with van der Waals surface area (Å²) < 4.78 is 25.2. The van der Waals surface area contributed by atoms with Gasteiger partial charge in [0, 0.05) is 18.1 Å². The van der Waals surface area contributed by atoms with Gasteiger partial charge in [-0.05, 0) is 37.0 Å². The Kier molecular flexibility index (Phi) is 7.83. The summed E-state index contributed by atoms with van der Waals surface area (Å²) in [5.41, 5.74) is 3.09. The van der Waals surface area contributed by atoms with Crippen molar-refractivity contribution >= 4 is 27.5 Å². The monoisotopic (exact) mass is 408 g/mol. The second-order valence-corrected chi connectivity index (χ2v) is 8.95. The van der Waals surface area contributed by atoms with E-state index in [-0.39, 0.29) is 19.0 Å². The molecule has 146 valence electrons. The molecule has 0 saturated heterocycles. The number of hydrogen-bond donors (Lipinski definition) is 1. The van der Waals surface area contributed by atoms with Crippen molar-refractivity contribution in [3.8, 4) is 0 Å². The van der Waals surface area contributed by atoms with Crippen LogP contribution in [0.1, 0.15) is 23.1 Å². The molecule has 7 heteroatoms. The largest absolute Gasteiger partial charge is 0.355 e. The highest BCUT2D eigenvalue weighted by molar-refractivity contribution is 7.88. The van der Waals surface area contributed by atoms with Crippen LogP contribution in [-0.2, 0) is 27.8 Å². The molecule has 2 aromatic rings. The molecule has 27 heavy (non-hydrogen) atoms. The zero-order chi connectivity index (χ0) is 19.9. The molecule has 0 aliphatic carbocycles. The lowest BCUT2D eigenvalue weighted by molar-refractivity contribution is -0.121. The van der Waals surface area contributed by atoms with Crippen molar-refractivity contribution in [2.45, 2.75) is 26.3 Å². The minimum Gasteiger partial charge on any atom is -0.355 e. The van der Waals surface area contributed by atoms with E-state index in [0.29, 0.717) is 17.1 Å². The lowest BCUT2D eigenvalue weighted by Gasteiger charge is -2.20. The first-order valence-electron chi connectivity index (χ1n) is 8.76. The zero-order valence-corrected chi connectivity index (χ0v) is 17.2. The first-order chi connectivity index (χ1) is 12.8. The lowest BCUT2D eigenvalue weighted by Crippen LogP contribution is -2.40. The number of hydrogen-bond acceptors (Lipinski definition) is 3. The van der Waals surface area contributed by atoms with Crippen molar-refractivity contribution < 1.29 is 13.2 Å². The maximum Gasteiger partial charge on any atom is 0.235 e. The van der Waals surface area contributed by atoms with Gasteiger partial charge in [-0.25, -0.2) is 8.42 Å². The van der Waals surface area contributed by atoms with Crippen LogP contribution < -0.4 is 5.32 Å². The van der Waals surface area contributed by atoms with Crippen molar-refractivity contribution in [2.24, 2.45) is 0 Å². The number of amides is 1. The van der Waals surface area contributed by atoms with E-state index in [9.17, 15) is 13.2 Å². The number of halogens is 1. The summed E-state index contributed by atoms with van der Waals surface area (Å²) in [4.78, 5) is 12.2. The topological polar surface area (TPSA) is 66.5 Å². The Morgan fingerprint density at radius 3 is 2.56 bits per heavy atom. The van der Waals surface area contributed by atoms with Gasteiger partial charge in [-0.2, -0.15) is 4.31 Å². The molecular formula is C20H25ClN2O3S. The van der Waals surface area contributed by atoms with E-state index in [4.69, 9.17) is 11.6 Å². The second-order valence-electron chi connectivity index (χ2n) is 6.57. The maximum atomic E-state index is 12.2. The Balaban J connectivity index is 1.86. The highest BCUT2D eigenvalue weighted by Crippen LogP contribution is 2.18. The first-order valence-corrected chi connectivity index (χ1v) is 11.0. The van der Waals surface area contributed by atoms with Crippen LogP contribution in [0.5, 0.6) is 0 Å². The van der Waals surface area contributed by atoms with Crippen LogP contribution in [0.4, 0.5) is 0 Å². The molecule has 2 rings (SSSR count). The van der Waals surface area contributed by atoms with Gasteiger partial charge in [0.15, 0.2) is 0 Å². The number of benzene rings is 2. The molecule has 0 atom stereocenters. The molecule has 1 amide bonds. The van der Waals surface area contributed by atoms with Gasteiger partial charge in [-0.15, -0.1) is 0 Å². The van der Waals surface area contributed by atoms with Crippen LogP contribution >= 0.6 is 11.6 Å². The Bertz CT molecular complexity index is 884. The summed E-state index contributed by atoms with van der Waals surface area (Å²) in [6.45, 7) is 2.38. The Morgan fingerprint density at radius 1 is 1.15 bits per heavy atom. The van der Waals surface area contributed by atoms with Gasteiger partial charge in [0.1, 0.15) is 0 Å². The molecule has 0 unspecified atom stereocenters. The number of aryl methyl sites for hydroxylation is 2. The summed E-state index contributed by atoms with van der Waals surface area (Å²) in [7, 11) is -3.54. The van der Waals surface area contributed by atoms with E-state index in [0.717, 1.165) is 23.4 Å². The molecule has 0 fully saturated rings. The molecule has 0 heterocycles. The third kappa shape index (κ3) is 7.33. The van der Waals surface area contributed by atoms with Crippen molar-refractivity contribution in [1.29, 1.82) is 0 Å². The smallest absolute Gasteiger partial charge is 0.235 e. The van der Waals surface area contributed by atoms with Crippen molar-refractivity contribution in [3.63, 3.8) is 0 Å². The predicted molar refractivity (Wildman–Crippen MR) is 109 cm³/mol. The van der Waals surface area contributed by atoms with E-state index < -0.39 is 10.0 Å². The Morgan fingerprint density at radius 2 is 1.89 bits per heavy atom. The fourth-order valence-electron chi connectivity index (χ4n) is 2.71. The SMILES string of the molecule is Cc1cccc(CCCNC(=O)CN(Cc2ccccc2Cl)S(C)(=O)=O)c1. The van der Waals surface area contributed by atoms with Gasteiger partial charge in [0.25, 0.3) is 0 Å². The fraction of sp³-hybridized carbons (Fsp3) is 0.350. The molecule has 1 N–H and O–H groups in total. The zero-order valence-electron chi connectivity index (χ0n) is 15.6.